The molecule has 7 heteroatoms. The first-order valence-corrected chi connectivity index (χ1v) is 11.4. The summed E-state index contributed by atoms with van der Waals surface area (Å²) in [4.78, 5) is 13.7. The van der Waals surface area contributed by atoms with Crippen molar-refractivity contribution in [1.29, 1.82) is 0 Å². The lowest BCUT2D eigenvalue weighted by atomic mass is 9.89. The van der Waals surface area contributed by atoms with Crippen molar-refractivity contribution < 1.29 is 19.0 Å². The monoisotopic (exact) mass is 465 g/mol. The fourth-order valence-corrected chi connectivity index (χ4v) is 4.89. The molecule has 31 heavy (non-hydrogen) atoms. The van der Waals surface area contributed by atoms with E-state index in [1.807, 2.05) is 12.1 Å². The number of likely N-dealkylation sites (tertiary alicyclic amines) is 1. The predicted octanol–water partition coefficient (Wildman–Crippen LogP) is 6.49. The number of hydrogen-bond acceptors (Lipinski definition) is 3. The van der Waals surface area contributed by atoms with Gasteiger partial charge >= 0.3 is 5.97 Å². The highest BCUT2D eigenvalue weighted by Crippen LogP contribution is 2.46. The first-order chi connectivity index (χ1) is 14.6. The minimum Gasteiger partial charge on any atom is -0.489 e. The van der Waals surface area contributed by atoms with Crippen LogP contribution in [0.3, 0.4) is 0 Å². The zero-order valence-electron chi connectivity index (χ0n) is 17.6. The van der Waals surface area contributed by atoms with Crippen LogP contribution in [0.15, 0.2) is 30.3 Å². The molecule has 1 aliphatic carbocycles. The zero-order chi connectivity index (χ0) is 22.3. The molecule has 1 atom stereocenters. The normalized spacial score (nSPS) is 20.0. The fraction of sp³-hybridized carbons (Fsp3) is 0.458. The van der Waals surface area contributed by atoms with Crippen LogP contribution in [-0.2, 0) is 5.54 Å². The summed E-state index contributed by atoms with van der Waals surface area (Å²) in [6.07, 6.45) is 3.63. The molecule has 166 valence electrons. The van der Waals surface area contributed by atoms with Crippen molar-refractivity contribution >= 4 is 29.2 Å². The molecule has 1 saturated carbocycles. The Bertz CT molecular complexity index is 986. The molecule has 0 spiro atoms. The minimum absolute atomic E-state index is 0.116. The second kappa shape index (κ2) is 8.61. The molecule has 1 N–H and O–H groups in total. The summed E-state index contributed by atoms with van der Waals surface area (Å²) in [5.74, 6) is -1.29. The Morgan fingerprint density at radius 2 is 1.81 bits per heavy atom. The van der Waals surface area contributed by atoms with Crippen LogP contribution in [0.2, 0.25) is 10.0 Å². The molecule has 0 aromatic heterocycles. The summed E-state index contributed by atoms with van der Waals surface area (Å²) >= 11 is 12.5. The first-order valence-electron chi connectivity index (χ1n) is 10.6. The van der Waals surface area contributed by atoms with Gasteiger partial charge in [0.1, 0.15) is 17.7 Å². The number of carboxylic acid groups (broad SMARTS) is 1. The minimum atomic E-state index is -1.25. The van der Waals surface area contributed by atoms with Gasteiger partial charge in [-0.15, -0.1) is 0 Å². The highest BCUT2D eigenvalue weighted by molar-refractivity contribution is 6.34. The SMILES string of the molecule is CC(C)(c1cc(Cl)cc(Cl)c1)N1CCCC(Oc2cc(F)c(C(=O)O)cc2C2CC2)C1. The Kier molecular flexibility index (Phi) is 6.21. The molecule has 2 aliphatic rings. The van der Waals surface area contributed by atoms with Crippen molar-refractivity contribution in [2.75, 3.05) is 13.1 Å². The third-order valence-corrected chi connectivity index (χ3v) is 6.81. The van der Waals surface area contributed by atoms with Crippen molar-refractivity contribution in [1.82, 2.24) is 4.90 Å². The number of carbonyl (C=O) groups is 1. The van der Waals surface area contributed by atoms with Gasteiger partial charge in [0, 0.05) is 28.2 Å². The second-order valence-corrected chi connectivity index (χ2v) is 9.87. The molecule has 2 fully saturated rings. The van der Waals surface area contributed by atoms with E-state index in [9.17, 15) is 14.3 Å². The first kappa shape index (κ1) is 22.4. The Morgan fingerprint density at radius 3 is 2.42 bits per heavy atom. The zero-order valence-corrected chi connectivity index (χ0v) is 19.1. The maximum absolute atomic E-state index is 14.4. The number of hydrogen-bond donors (Lipinski definition) is 1. The van der Waals surface area contributed by atoms with E-state index >= 15 is 0 Å². The molecule has 1 heterocycles. The van der Waals surface area contributed by atoms with Crippen molar-refractivity contribution in [3.05, 3.63) is 62.9 Å². The Balaban J connectivity index is 1.56. The molecule has 2 aromatic carbocycles. The molecule has 1 aliphatic heterocycles. The van der Waals surface area contributed by atoms with E-state index in [4.69, 9.17) is 27.9 Å². The lowest BCUT2D eigenvalue weighted by molar-refractivity contribution is 0.0243. The maximum atomic E-state index is 14.4. The highest BCUT2D eigenvalue weighted by atomic mass is 35.5. The molecule has 2 aromatic rings. The van der Waals surface area contributed by atoms with Crippen LogP contribution in [0.1, 0.15) is 66.9 Å². The van der Waals surface area contributed by atoms with Crippen LogP contribution in [0.25, 0.3) is 0 Å². The number of aromatic carboxylic acids is 1. The molecule has 1 unspecified atom stereocenters. The third-order valence-electron chi connectivity index (χ3n) is 6.38. The Labute approximate surface area is 191 Å². The van der Waals surface area contributed by atoms with Crippen LogP contribution < -0.4 is 4.74 Å². The lowest BCUT2D eigenvalue weighted by Crippen LogP contribution is -2.50. The summed E-state index contributed by atoms with van der Waals surface area (Å²) in [5.41, 5.74) is 1.23. The van der Waals surface area contributed by atoms with Crippen molar-refractivity contribution in [3.63, 3.8) is 0 Å². The second-order valence-electron chi connectivity index (χ2n) is 8.99. The van der Waals surface area contributed by atoms with Gasteiger partial charge in [0.15, 0.2) is 0 Å². The van der Waals surface area contributed by atoms with E-state index in [0.29, 0.717) is 22.3 Å². The van der Waals surface area contributed by atoms with Gasteiger partial charge in [-0.25, -0.2) is 9.18 Å². The number of benzene rings is 2. The molecule has 0 amide bonds. The van der Waals surface area contributed by atoms with Gasteiger partial charge in [-0.1, -0.05) is 23.2 Å². The van der Waals surface area contributed by atoms with Gasteiger partial charge in [-0.3, -0.25) is 4.90 Å². The maximum Gasteiger partial charge on any atom is 0.338 e. The number of carboxylic acids is 1. The predicted molar refractivity (Wildman–Crippen MR) is 120 cm³/mol. The van der Waals surface area contributed by atoms with Gasteiger partial charge in [0.05, 0.1) is 5.56 Å². The van der Waals surface area contributed by atoms with Crippen molar-refractivity contribution in [3.8, 4) is 5.75 Å². The van der Waals surface area contributed by atoms with E-state index in [1.54, 1.807) is 6.07 Å². The van der Waals surface area contributed by atoms with Gasteiger partial charge in [0.2, 0.25) is 0 Å². The van der Waals surface area contributed by atoms with Crippen LogP contribution in [-0.4, -0.2) is 35.2 Å². The molecular formula is C24H26Cl2FNO3. The molecule has 0 bridgehead atoms. The van der Waals surface area contributed by atoms with Crippen LogP contribution in [0.4, 0.5) is 4.39 Å². The van der Waals surface area contributed by atoms with E-state index in [1.165, 1.54) is 12.1 Å². The summed E-state index contributed by atoms with van der Waals surface area (Å²) in [6, 6.07) is 8.28. The summed E-state index contributed by atoms with van der Waals surface area (Å²) in [6.45, 7) is 5.84. The number of ether oxygens (including phenoxy) is 1. The molecule has 1 saturated heterocycles. The molecule has 0 radical (unpaired) electrons. The quantitative estimate of drug-likeness (QED) is 0.529. The van der Waals surface area contributed by atoms with Gasteiger partial charge < -0.3 is 9.84 Å². The number of nitrogens with zero attached hydrogens (tertiary/aromatic N) is 1. The third kappa shape index (κ3) is 4.84. The average molecular weight is 466 g/mol. The molecule has 4 rings (SSSR count). The topological polar surface area (TPSA) is 49.8 Å². The standard InChI is InChI=1S/C24H26Cl2FNO3/c1-24(2,15-8-16(25)10-17(26)9-15)28-7-3-4-18(13-28)31-22-12-21(27)20(23(29)30)11-19(22)14-5-6-14/h8-12,14,18H,3-7,13H2,1-2H3,(H,29,30). The Morgan fingerprint density at radius 1 is 1.13 bits per heavy atom. The number of rotatable bonds is 6. The summed E-state index contributed by atoms with van der Waals surface area (Å²) in [7, 11) is 0. The average Bonchev–Trinajstić information content (AvgIpc) is 3.52. The van der Waals surface area contributed by atoms with E-state index < -0.39 is 11.8 Å². The number of halogens is 3. The summed E-state index contributed by atoms with van der Waals surface area (Å²) < 4.78 is 20.7. The molecule has 4 nitrogen and oxygen atoms in total. The smallest absolute Gasteiger partial charge is 0.338 e. The number of piperidine rings is 1. The van der Waals surface area contributed by atoms with E-state index in [2.05, 4.69) is 18.7 Å². The molecular weight excluding hydrogens is 440 g/mol. The summed E-state index contributed by atoms with van der Waals surface area (Å²) in [5, 5.41) is 10.5. The lowest BCUT2D eigenvalue weighted by Gasteiger charge is -2.44. The van der Waals surface area contributed by atoms with E-state index in [0.717, 1.165) is 43.4 Å². The highest BCUT2D eigenvalue weighted by Gasteiger charge is 2.35. The van der Waals surface area contributed by atoms with E-state index in [-0.39, 0.29) is 23.1 Å². The van der Waals surface area contributed by atoms with Crippen LogP contribution in [0, 0.1) is 5.82 Å². The Hall–Kier alpha value is -1.82. The van der Waals surface area contributed by atoms with Gasteiger partial charge in [0.25, 0.3) is 0 Å². The largest absolute Gasteiger partial charge is 0.489 e. The van der Waals surface area contributed by atoms with Gasteiger partial charge in [-0.2, -0.15) is 0 Å². The van der Waals surface area contributed by atoms with Crippen LogP contribution in [0.5, 0.6) is 5.75 Å². The fourth-order valence-electron chi connectivity index (χ4n) is 4.36. The van der Waals surface area contributed by atoms with Gasteiger partial charge in [-0.05, 0) is 87.4 Å². The van der Waals surface area contributed by atoms with Crippen molar-refractivity contribution in [2.45, 2.75) is 57.1 Å². The van der Waals surface area contributed by atoms with Crippen LogP contribution >= 0.6 is 23.2 Å². The van der Waals surface area contributed by atoms with Crippen molar-refractivity contribution in [2.24, 2.45) is 0 Å².